The van der Waals surface area contributed by atoms with Crippen molar-refractivity contribution >= 4 is 11.6 Å². The molecular weight excluding hydrogens is 314 g/mol. The Labute approximate surface area is 145 Å². The summed E-state index contributed by atoms with van der Waals surface area (Å²) in [6.45, 7) is 1.80. The Hall–Kier alpha value is -3.52. The summed E-state index contributed by atoms with van der Waals surface area (Å²) in [7, 11) is 1.66. The van der Waals surface area contributed by atoms with Crippen LogP contribution < -0.4 is 10.9 Å². The number of benzene rings is 2. The van der Waals surface area contributed by atoms with E-state index in [1.54, 1.807) is 14.0 Å². The summed E-state index contributed by atoms with van der Waals surface area (Å²) >= 11 is 0. The lowest BCUT2D eigenvalue weighted by atomic mass is 10.0. The lowest BCUT2D eigenvalue weighted by Crippen LogP contribution is -2.19. The van der Waals surface area contributed by atoms with E-state index in [0.717, 1.165) is 16.7 Å². The second-order valence-corrected chi connectivity index (χ2v) is 5.55. The van der Waals surface area contributed by atoms with E-state index < -0.39 is 11.5 Å². The number of nitrogens with one attached hydrogen (secondary N) is 2. The van der Waals surface area contributed by atoms with Gasteiger partial charge in [-0.2, -0.15) is 0 Å². The summed E-state index contributed by atoms with van der Waals surface area (Å²) in [5.41, 5.74) is 3.07. The van der Waals surface area contributed by atoms with Crippen LogP contribution in [0.2, 0.25) is 0 Å². The molecule has 2 aromatic carbocycles. The van der Waals surface area contributed by atoms with Crippen LogP contribution in [-0.2, 0) is 7.05 Å². The zero-order valence-electron chi connectivity index (χ0n) is 14.0. The van der Waals surface area contributed by atoms with Crippen LogP contribution in [0.1, 0.15) is 22.8 Å². The highest BCUT2D eigenvalue weighted by molar-refractivity contribution is 6.05. The maximum atomic E-state index is 12.4. The average Bonchev–Trinajstić information content (AvgIpc) is 2.95. The van der Waals surface area contributed by atoms with Crippen LogP contribution in [-0.4, -0.2) is 15.7 Å². The van der Waals surface area contributed by atoms with E-state index in [-0.39, 0.29) is 5.56 Å². The van der Waals surface area contributed by atoms with Crippen molar-refractivity contribution in [3.63, 3.8) is 0 Å². The first-order chi connectivity index (χ1) is 12.1. The summed E-state index contributed by atoms with van der Waals surface area (Å²) in [6.07, 6.45) is 1.47. The van der Waals surface area contributed by atoms with E-state index in [9.17, 15) is 9.59 Å². The van der Waals surface area contributed by atoms with Gasteiger partial charge < -0.3 is 5.32 Å². The topological polar surface area (TPSA) is 66.9 Å². The van der Waals surface area contributed by atoms with Crippen LogP contribution in [0.4, 0.5) is 5.69 Å². The maximum absolute atomic E-state index is 12.4. The van der Waals surface area contributed by atoms with E-state index in [1.165, 1.54) is 10.9 Å². The minimum atomic E-state index is -0.442. The Morgan fingerprint density at radius 1 is 1.12 bits per heavy atom. The van der Waals surface area contributed by atoms with Crippen molar-refractivity contribution in [2.75, 3.05) is 5.32 Å². The van der Waals surface area contributed by atoms with Crippen molar-refractivity contribution in [3.8, 4) is 23.0 Å². The van der Waals surface area contributed by atoms with Crippen molar-refractivity contribution in [2.45, 2.75) is 6.92 Å². The van der Waals surface area contributed by atoms with Crippen molar-refractivity contribution in [1.82, 2.24) is 9.78 Å². The van der Waals surface area contributed by atoms with Gasteiger partial charge in [0.15, 0.2) is 0 Å². The highest BCUT2D eigenvalue weighted by Gasteiger charge is 2.14. The third-order valence-corrected chi connectivity index (χ3v) is 3.73. The fraction of sp³-hybridized carbons (Fsp3) is 0.100. The van der Waals surface area contributed by atoms with Gasteiger partial charge in [0.1, 0.15) is 5.56 Å². The highest BCUT2D eigenvalue weighted by Crippen LogP contribution is 2.28. The third-order valence-electron chi connectivity index (χ3n) is 3.73. The molecule has 0 saturated carbocycles. The number of carbonyl (C=O) groups is 1. The van der Waals surface area contributed by atoms with Gasteiger partial charge in [0.05, 0.1) is 0 Å². The normalized spacial score (nSPS) is 10.0. The van der Waals surface area contributed by atoms with Crippen LogP contribution in [0, 0.1) is 11.8 Å². The summed E-state index contributed by atoms with van der Waals surface area (Å²) in [6, 6.07) is 15.3. The Morgan fingerprint density at radius 3 is 2.48 bits per heavy atom. The predicted molar refractivity (Wildman–Crippen MR) is 98.4 cm³/mol. The molecule has 124 valence electrons. The molecule has 0 bridgehead atoms. The Balaban J connectivity index is 1.93. The van der Waals surface area contributed by atoms with Gasteiger partial charge >= 0.3 is 0 Å². The molecule has 0 aliphatic heterocycles. The highest BCUT2D eigenvalue weighted by atomic mass is 16.2. The van der Waals surface area contributed by atoms with Crippen LogP contribution in [0.3, 0.4) is 0 Å². The van der Waals surface area contributed by atoms with Gasteiger partial charge in [-0.25, -0.2) is 0 Å². The standard InChI is InChI=1S/C20H17N3O2/c1-3-6-14-9-11-15(12-10-14)16-7-4-5-8-18(16)21-19(24)17-13-23(2)22-20(17)25/h4-5,7-13H,1-2H3,(H,21,24)(H,22,25). The van der Waals surface area contributed by atoms with E-state index in [4.69, 9.17) is 0 Å². The average molecular weight is 331 g/mol. The van der Waals surface area contributed by atoms with E-state index in [1.807, 2.05) is 48.5 Å². The van der Waals surface area contributed by atoms with Crippen LogP contribution in [0.5, 0.6) is 0 Å². The molecule has 0 radical (unpaired) electrons. The van der Waals surface area contributed by atoms with Crippen molar-refractivity contribution in [3.05, 3.63) is 76.2 Å². The van der Waals surface area contributed by atoms with Gasteiger partial charge in [-0.05, 0) is 30.7 Å². The molecule has 25 heavy (non-hydrogen) atoms. The molecule has 3 aromatic rings. The molecule has 1 amide bonds. The van der Waals surface area contributed by atoms with Crippen LogP contribution >= 0.6 is 0 Å². The summed E-state index contributed by atoms with van der Waals surface area (Å²) < 4.78 is 1.46. The summed E-state index contributed by atoms with van der Waals surface area (Å²) in [5, 5.41) is 5.35. The zero-order chi connectivity index (χ0) is 17.8. The van der Waals surface area contributed by atoms with Gasteiger partial charge in [-0.3, -0.25) is 19.4 Å². The number of hydrogen-bond donors (Lipinski definition) is 2. The number of amides is 1. The van der Waals surface area contributed by atoms with Gasteiger partial charge in [0.2, 0.25) is 0 Å². The summed E-state index contributed by atoms with van der Waals surface area (Å²) in [5.74, 6) is 5.43. The van der Waals surface area contributed by atoms with Crippen molar-refractivity contribution < 1.29 is 4.79 Å². The van der Waals surface area contributed by atoms with Gasteiger partial charge in [0, 0.05) is 30.1 Å². The first-order valence-corrected chi connectivity index (χ1v) is 7.77. The molecule has 1 heterocycles. The van der Waals surface area contributed by atoms with E-state index >= 15 is 0 Å². The number of aryl methyl sites for hydroxylation is 1. The Bertz CT molecular complexity index is 1030. The fourth-order valence-corrected chi connectivity index (χ4v) is 2.58. The third kappa shape index (κ3) is 3.54. The molecule has 0 spiro atoms. The van der Waals surface area contributed by atoms with Gasteiger partial charge in [-0.1, -0.05) is 36.3 Å². The molecule has 2 N–H and O–H groups in total. The molecule has 1 aromatic heterocycles. The number of nitrogens with zero attached hydrogens (tertiary/aromatic N) is 1. The van der Waals surface area contributed by atoms with E-state index in [0.29, 0.717) is 5.69 Å². The lowest BCUT2D eigenvalue weighted by molar-refractivity contribution is 0.102. The van der Waals surface area contributed by atoms with Gasteiger partial charge in [-0.15, -0.1) is 5.92 Å². The van der Waals surface area contributed by atoms with Crippen molar-refractivity contribution in [1.29, 1.82) is 0 Å². The first-order valence-electron chi connectivity index (χ1n) is 7.77. The van der Waals surface area contributed by atoms with Crippen LogP contribution in [0.15, 0.2) is 59.5 Å². The number of carbonyl (C=O) groups excluding carboxylic acids is 1. The minimum absolute atomic E-state index is 0.0749. The van der Waals surface area contributed by atoms with E-state index in [2.05, 4.69) is 22.3 Å². The van der Waals surface area contributed by atoms with Gasteiger partial charge in [0.25, 0.3) is 11.5 Å². The number of aromatic amines is 1. The molecule has 5 heteroatoms. The molecule has 5 nitrogen and oxygen atoms in total. The molecule has 0 saturated heterocycles. The Morgan fingerprint density at radius 2 is 1.84 bits per heavy atom. The molecule has 0 aliphatic rings. The predicted octanol–water partition coefficient (Wildman–Crippen LogP) is 3.00. The number of para-hydroxylation sites is 1. The number of anilines is 1. The number of rotatable bonds is 3. The smallest absolute Gasteiger partial charge is 0.276 e. The van der Waals surface area contributed by atoms with Crippen LogP contribution in [0.25, 0.3) is 11.1 Å². The molecule has 0 aliphatic carbocycles. The molecule has 0 fully saturated rings. The second kappa shape index (κ2) is 6.93. The monoisotopic (exact) mass is 331 g/mol. The molecule has 3 rings (SSSR count). The Kier molecular flexibility index (Phi) is 4.53. The summed E-state index contributed by atoms with van der Waals surface area (Å²) in [4.78, 5) is 24.2. The SMILES string of the molecule is CC#Cc1ccc(-c2ccccc2NC(=O)c2cn(C)[nH]c2=O)cc1. The molecule has 0 atom stereocenters. The largest absolute Gasteiger partial charge is 0.321 e. The number of H-pyrrole nitrogens is 1. The number of aromatic nitrogens is 2. The minimum Gasteiger partial charge on any atom is -0.321 e. The fourth-order valence-electron chi connectivity index (χ4n) is 2.58. The zero-order valence-corrected chi connectivity index (χ0v) is 14.0. The first kappa shape index (κ1) is 16.3. The lowest BCUT2D eigenvalue weighted by Gasteiger charge is -2.10. The maximum Gasteiger partial charge on any atom is 0.276 e. The number of hydrogen-bond acceptors (Lipinski definition) is 2. The quantitative estimate of drug-likeness (QED) is 0.725. The molecular formula is C20H17N3O2. The molecule has 0 unspecified atom stereocenters. The second-order valence-electron chi connectivity index (χ2n) is 5.55. The van der Waals surface area contributed by atoms with Crippen molar-refractivity contribution in [2.24, 2.45) is 7.05 Å².